The van der Waals surface area contributed by atoms with Gasteiger partial charge in [0.15, 0.2) is 0 Å². The number of nitrogens with zero attached hydrogens (tertiary/aromatic N) is 4. The van der Waals surface area contributed by atoms with E-state index in [2.05, 4.69) is 0 Å². The number of benzene rings is 2. The Morgan fingerprint density at radius 3 is 2.31 bits per heavy atom. The van der Waals surface area contributed by atoms with E-state index in [1.807, 2.05) is 6.07 Å². The third-order valence-corrected chi connectivity index (χ3v) is 8.38. The van der Waals surface area contributed by atoms with E-state index in [1.54, 1.807) is 24.3 Å². The lowest BCUT2D eigenvalue weighted by Gasteiger charge is -2.42. The van der Waals surface area contributed by atoms with Crippen molar-refractivity contribution in [2.24, 2.45) is 0 Å². The molecule has 0 aromatic heterocycles. The monoisotopic (exact) mass is 498 g/mol. The first-order valence-corrected chi connectivity index (χ1v) is 12.2. The van der Waals surface area contributed by atoms with Gasteiger partial charge in [0, 0.05) is 31.6 Å². The van der Waals surface area contributed by atoms with Crippen molar-refractivity contribution < 1.29 is 27.7 Å². The van der Waals surface area contributed by atoms with Crippen LogP contribution in [0.25, 0.3) is 0 Å². The molecule has 1 aliphatic heterocycles. The van der Waals surface area contributed by atoms with Gasteiger partial charge in [0.25, 0.3) is 5.69 Å². The molecule has 2 aromatic rings. The molecular formula is C23H22N4O7S. The van der Waals surface area contributed by atoms with E-state index in [1.165, 1.54) is 12.0 Å². The van der Waals surface area contributed by atoms with Crippen molar-refractivity contribution in [3.8, 4) is 6.07 Å². The molecule has 2 aliphatic rings. The third kappa shape index (κ3) is 4.36. The minimum atomic E-state index is -4.11. The van der Waals surface area contributed by atoms with Crippen LogP contribution in [0.15, 0.2) is 53.4 Å². The van der Waals surface area contributed by atoms with Crippen molar-refractivity contribution in [2.75, 3.05) is 20.2 Å². The summed E-state index contributed by atoms with van der Waals surface area (Å²) in [6, 6.07) is 12.2. The number of non-ortho nitro benzene ring substituents is 1. The fourth-order valence-electron chi connectivity index (χ4n) is 4.38. The molecule has 1 saturated heterocycles. The molecule has 12 heteroatoms. The van der Waals surface area contributed by atoms with Crippen LogP contribution in [-0.2, 0) is 30.8 Å². The summed E-state index contributed by atoms with van der Waals surface area (Å²) >= 11 is 0. The fraction of sp³-hybridized carbons (Fsp3) is 0.348. The average molecular weight is 499 g/mol. The van der Waals surface area contributed by atoms with Crippen molar-refractivity contribution >= 4 is 27.6 Å². The van der Waals surface area contributed by atoms with Gasteiger partial charge in [0.2, 0.25) is 15.9 Å². The molecule has 1 saturated carbocycles. The lowest BCUT2D eigenvalue weighted by Crippen LogP contribution is -2.64. The zero-order valence-corrected chi connectivity index (χ0v) is 19.6. The van der Waals surface area contributed by atoms with E-state index < -0.39 is 38.4 Å². The summed E-state index contributed by atoms with van der Waals surface area (Å²) in [5, 5.41) is 19.9. The molecule has 2 aromatic carbocycles. The smallest absolute Gasteiger partial charge is 0.328 e. The number of methoxy groups -OCH3 is 1. The summed E-state index contributed by atoms with van der Waals surface area (Å²) in [6.45, 7) is -0.0607. The first kappa shape index (κ1) is 24.3. The number of nitro benzene ring substituents is 1. The second-order valence-electron chi connectivity index (χ2n) is 8.41. The Morgan fingerprint density at radius 1 is 1.17 bits per heavy atom. The van der Waals surface area contributed by atoms with Crippen molar-refractivity contribution in [3.63, 3.8) is 0 Å². The molecule has 1 spiro atoms. The highest BCUT2D eigenvalue weighted by atomic mass is 32.2. The molecule has 0 radical (unpaired) electrons. The van der Waals surface area contributed by atoms with E-state index in [0.29, 0.717) is 18.4 Å². The van der Waals surface area contributed by atoms with Gasteiger partial charge in [-0.05, 0) is 42.7 Å². The zero-order chi connectivity index (χ0) is 25.4. The second kappa shape index (κ2) is 9.09. The molecule has 1 atom stereocenters. The number of carbonyl (C=O) groups is 2. The van der Waals surface area contributed by atoms with E-state index in [-0.39, 0.29) is 30.1 Å². The molecule has 0 N–H and O–H groups in total. The highest BCUT2D eigenvalue weighted by Crippen LogP contribution is 2.48. The molecule has 0 bridgehead atoms. The van der Waals surface area contributed by atoms with Crippen LogP contribution in [0, 0.1) is 21.4 Å². The highest BCUT2D eigenvalue weighted by molar-refractivity contribution is 7.89. The highest BCUT2D eigenvalue weighted by Gasteiger charge is 2.63. The lowest BCUT2D eigenvalue weighted by atomic mass is 10.0. The van der Waals surface area contributed by atoms with Gasteiger partial charge < -0.3 is 9.64 Å². The van der Waals surface area contributed by atoms with Gasteiger partial charge in [-0.15, -0.1) is 0 Å². The maximum atomic E-state index is 13.6. The standard InChI is InChI=1S/C23H22N4O7S/c1-34-21(28)20(14-16-2-4-17(15-24)5-3-16)25-12-13-26(23(10-11-23)22(25)29)35(32,33)19-8-6-18(7-9-19)27(30)31/h2-9,20H,10-14H2,1H3/t20-/m0/s1. The Morgan fingerprint density at radius 2 is 1.80 bits per heavy atom. The van der Waals surface area contributed by atoms with Gasteiger partial charge in [-0.2, -0.15) is 9.57 Å². The van der Waals surface area contributed by atoms with Crippen LogP contribution in [0.2, 0.25) is 0 Å². The van der Waals surface area contributed by atoms with Crippen molar-refractivity contribution in [1.82, 2.24) is 9.21 Å². The summed E-state index contributed by atoms with van der Waals surface area (Å²) in [5.41, 5.74) is -0.357. The molecule has 0 unspecified atom stereocenters. The van der Waals surface area contributed by atoms with Crippen LogP contribution in [0.5, 0.6) is 0 Å². The molecule has 4 rings (SSSR count). The SMILES string of the molecule is COC(=O)[C@H](Cc1ccc(C#N)cc1)N1CCN(S(=O)(=O)c2ccc([N+](=O)[O-])cc2)C2(CC2)C1=O. The number of rotatable bonds is 7. The number of ether oxygens (including phenoxy) is 1. The Bertz CT molecular complexity index is 1310. The molecule has 1 heterocycles. The predicted molar refractivity (Wildman–Crippen MR) is 121 cm³/mol. The Labute approximate surface area is 201 Å². The first-order chi connectivity index (χ1) is 16.6. The van der Waals surface area contributed by atoms with Crippen LogP contribution in [0.1, 0.15) is 24.0 Å². The van der Waals surface area contributed by atoms with Gasteiger partial charge in [-0.3, -0.25) is 14.9 Å². The maximum Gasteiger partial charge on any atom is 0.328 e. The van der Waals surface area contributed by atoms with Gasteiger partial charge in [0.1, 0.15) is 11.6 Å². The number of sulfonamides is 1. The molecule has 1 aliphatic carbocycles. The van der Waals surface area contributed by atoms with Crippen LogP contribution >= 0.6 is 0 Å². The van der Waals surface area contributed by atoms with Crippen molar-refractivity contribution in [2.45, 2.75) is 35.7 Å². The first-order valence-electron chi connectivity index (χ1n) is 10.8. The third-order valence-electron chi connectivity index (χ3n) is 6.40. The molecule has 1 amide bonds. The fourth-order valence-corrected chi connectivity index (χ4v) is 6.16. The Hall–Kier alpha value is -3.82. The van der Waals surface area contributed by atoms with E-state index in [0.717, 1.165) is 34.1 Å². The number of nitriles is 1. The topological polar surface area (TPSA) is 151 Å². The van der Waals surface area contributed by atoms with Gasteiger partial charge >= 0.3 is 5.97 Å². The Balaban J connectivity index is 1.60. The Kier molecular flexibility index (Phi) is 6.31. The summed E-state index contributed by atoms with van der Waals surface area (Å²) in [6.07, 6.45) is 0.758. The summed E-state index contributed by atoms with van der Waals surface area (Å²) in [5.74, 6) is -1.09. The quantitative estimate of drug-likeness (QED) is 0.317. The molecular weight excluding hydrogens is 476 g/mol. The number of nitro groups is 1. The number of hydrogen-bond donors (Lipinski definition) is 0. The predicted octanol–water partition coefficient (Wildman–Crippen LogP) is 1.62. The van der Waals surface area contributed by atoms with Gasteiger partial charge in [-0.25, -0.2) is 13.2 Å². The van der Waals surface area contributed by atoms with E-state index in [4.69, 9.17) is 10.00 Å². The largest absolute Gasteiger partial charge is 0.467 e. The van der Waals surface area contributed by atoms with E-state index >= 15 is 0 Å². The summed E-state index contributed by atoms with van der Waals surface area (Å²) in [4.78, 5) is 37.7. The van der Waals surface area contributed by atoms with Crippen LogP contribution in [0.3, 0.4) is 0 Å². The van der Waals surface area contributed by atoms with Crippen molar-refractivity contribution in [1.29, 1.82) is 5.26 Å². The molecule has 11 nitrogen and oxygen atoms in total. The number of carbonyl (C=O) groups excluding carboxylic acids is 2. The summed E-state index contributed by atoms with van der Waals surface area (Å²) in [7, 11) is -2.88. The molecule has 35 heavy (non-hydrogen) atoms. The number of amides is 1. The maximum absolute atomic E-state index is 13.6. The minimum Gasteiger partial charge on any atom is -0.467 e. The minimum absolute atomic E-state index is 0.0250. The number of hydrogen-bond acceptors (Lipinski definition) is 8. The number of piperazine rings is 1. The second-order valence-corrected chi connectivity index (χ2v) is 10.3. The number of esters is 1. The van der Waals surface area contributed by atoms with Gasteiger partial charge in [0.05, 0.1) is 28.6 Å². The van der Waals surface area contributed by atoms with Crippen LogP contribution < -0.4 is 0 Å². The van der Waals surface area contributed by atoms with Crippen LogP contribution in [0.4, 0.5) is 5.69 Å². The van der Waals surface area contributed by atoms with Gasteiger partial charge in [-0.1, -0.05) is 12.1 Å². The lowest BCUT2D eigenvalue weighted by molar-refractivity contribution is -0.384. The average Bonchev–Trinajstić information content (AvgIpc) is 3.65. The molecule has 2 fully saturated rings. The molecule has 182 valence electrons. The van der Waals surface area contributed by atoms with E-state index in [9.17, 15) is 28.1 Å². The zero-order valence-electron chi connectivity index (χ0n) is 18.8. The normalized spacial score (nSPS) is 18.1. The summed E-state index contributed by atoms with van der Waals surface area (Å²) < 4.78 is 32.8. The van der Waals surface area contributed by atoms with Crippen molar-refractivity contribution in [3.05, 3.63) is 69.8 Å². The van der Waals surface area contributed by atoms with Crippen LogP contribution in [-0.4, -0.2) is 66.2 Å².